The fourth-order valence-electron chi connectivity index (χ4n) is 5.23. The van der Waals surface area contributed by atoms with Crippen LogP contribution in [0, 0.1) is 0 Å². The van der Waals surface area contributed by atoms with Crippen molar-refractivity contribution in [2.75, 3.05) is 0 Å². The van der Waals surface area contributed by atoms with E-state index < -0.39 is 0 Å². The molecule has 2 aliphatic rings. The molecular weight excluding hydrogens is 432 g/mol. The summed E-state index contributed by atoms with van der Waals surface area (Å²) >= 11 is 0. The maximum Gasteiger partial charge on any atom is 0.332 e. The third-order valence-electron chi connectivity index (χ3n) is 7.38. The molecule has 0 bridgehead atoms. The lowest BCUT2D eigenvalue weighted by Gasteiger charge is -2.10. The van der Waals surface area contributed by atoms with Gasteiger partial charge in [-0.1, -0.05) is 52.4 Å². The van der Waals surface area contributed by atoms with Gasteiger partial charge < -0.3 is 14.0 Å². The van der Waals surface area contributed by atoms with Gasteiger partial charge >= 0.3 is 5.69 Å². The van der Waals surface area contributed by atoms with Crippen molar-refractivity contribution in [2.45, 2.75) is 128 Å². The lowest BCUT2D eigenvalue weighted by atomic mass is 10.1. The van der Waals surface area contributed by atoms with E-state index in [9.17, 15) is 9.59 Å². The average Bonchev–Trinajstić information content (AvgIpc) is 3.71. The predicted octanol–water partition coefficient (Wildman–Crippen LogP) is 4.15. The first-order valence-electron chi connectivity index (χ1n) is 13.5. The van der Waals surface area contributed by atoms with Crippen LogP contribution in [0.1, 0.15) is 90.9 Å². The van der Waals surface area contributed by atoms with Gasteiger partial charge in [-0.2, -0.15) is 0 Å². The van der Waals surface area contributed by atoms with Crippen LogP contribution in [0.4, 0.5) is 0 Å². The Labute approximate surface area is 202 Å². The highest BCUT2D eigenvalue weighted by Crippen LogP contribution is 2.31. The summed E-state index contributed by atoms with van der Waals surface area (Å²) in [5.74, 6) is 0. The van der Waals surface area contributed by atoms with Gasteiger partial charge in [-0.25, -0.2) is 9.78 Å². The van der Waals surface area contributed by atoms with Crippen molar-refractivity contribution in [3.8, 4) is 0 Å². The Morgan fingerprint density at radius 3 is 1.94 bits per heavy atom. The van der Waals surface area contributed by atoms with Gasteiger partial charge in [-0.3, -0.25) is 13.9 Å². The molecule has 8 heteroatoms. The standard InChI is InChI=1S/C26H42N4O4/c1-4-12-19-21(33-19)14-8-6-10-16-29-18-27-24-23(29)25(31)30(26(32)28(24)3)17-11-7-9-15-22-20(34-22)13-5-2/h18-22H,4-17H2,1-3H3. The summed E-state index contributed by atoms with van der Waals surface area (Å²) in [4.78, 5) is 30.4. The van der Waals surface area contributed by atoms with Gasteiger partial charge in [0.05, 0.1) is 30.7 Å². The van der Waals surface area contributed by atoms with Gasteiger partial charge in [-0.05, 0) is 38.5 Å². The molecule has 4 heterocycles. The van der Waals surface area contributed by atoms with E-state index in [4.69, 9.17) is 9.47 Å². The molecule has 0 aliphatic carbocycles. The Morgan fingerprint density at radius 1 is 0.794 bits per heavy atom. The molecule has 0 radical (unpaired) electrons. The molecule has 0 spiro atoms. The number of hydrogen-bond donors (Lipinski definition) is 0. The first-order chi connectivity index (χ1) is 16.5. The number of fused-ring (bicyclic) bond motifs is 1. The zero-order valence-corrected chi connectivity index (χ0v) is 21.2. The highest BCUT2D eigenvalue weighted by atomic mass is 16.6. The molecule has 2 aromatic heterocycles. The van der Waals surface area contributed by atoms with E-state index in [-0.39, 0.29) is 11.2 Å². The van der Waals surface area contributed by atoms with Gasteiger partial charge in [0.25, 0.3) is 5.56 Å². The smallest absolute Gasteiger partial charge is 0.332 e. The molecule has 2 aromatic rings. The molecule has 4 unspecified atom stereocenters. The van der Waals surface area contributed by atoms with Crippen molar-refractivity contribution < 1.29 is 9.47 Å². The van der Waals surface area contributed by atoms with Crippen LogP contribution in [-0.4, -0.2) is 43.1 Å². The topological polar surface area (TPSA) is 86.9 Å². The van der Waals surface area contributed by atoms with Crippen molar-refractivity contribution in [3.05, 3.63) is 27.2 Å². The fourth-order valence-corrected chi connectivity index (χ4v) is 5.23. The van der Waals surface area contributed by atoms with Gasteiger partial charge in [-0.15, -0.1) is 0 Å². The molecule has 0 saturated carbocycles. The molecule has 4 atom stereocenters. The maximum absolute atomic E-state index is 13.2. The van der Waals surface area contributed by atoms with E-state index in [1.807, 2.05) is 4.57 Å². The Kier molecular flexibility index (Phi) is 8.64. The minimum atomic E-state index is -0.276. The van der Waals surface area contributed by atoms with Crippen molar-refractivity contribution >= 4 is 11.2 Å². The van der Waals surface area contributed by atoms with E-state index in [1.165, 1.54) is 28.4 Å². The van der Waals surface area contributed by atoms with Crippen LogP contribution < -0.4 is 11.2 Å². The normalized spacial score (nSPS) is 23.6. The van der Waals surface area contributed by atoms with Crippen LogP contribution in [0.25, 0.3) is 11.2 Å². The predicted molar refractivity (Wildman–Crippen MR) is 133 cm³/mol. The third-order valence-corrected chi connectivity index (χ3v) is 7.38. The third kappa shape index (κ3) is 6.00. The molecule has 34 heavy (non-hydrogen) atoms. The minimum absolute atomic E-state index is 0.210. The summed E-state index contributed by atoms with van der Waals surface area (Å²) in [5.41, 5.74) is 0.539. The second-order valence-electron chi connectivity index (χ2n) is 10.1. The van der Waals surface area contributed by atoms with Crippen molar-refractivity contribution in [2.24, 2.45) is 7.05 Å². The second-order valence-corrected chi connectivity index (χ2v) is 10.1. The van der Waals surface area contributed by atoms with Crippen LogP contribution >= 0.6 is 0 Å². The van der Waals surface area contributed by atoms with Gasteiger partial charge in [0.1, 0.15) is 0 Å². The first kappa shape index (κ1) is 25.2. The van der Waals surface area contributed by atoms with E-state index in [0.29, 0.717) is 42.1 Å². The van der Waals surface area contributed by atoms with Crippen molar-refractivity contribution in [1.82, 2.24) is 18.7 Å². The van der Waals surface area contributed by atoms with Crippen molar-refractivity contribution in [3.63, 3.8) is 0 Å². The first-order valence-corrected chi connectivity index (χ1v) is 13.5. The van der Waals surface area contributed by atoms with Crippen LogP contribution in [-0.2, 0) is 29.6 Å². The molecule has 2 saturated heterocycles. The Bertz CT molecular complexity index is 1060. The summed E-state index contributed by atoms with van der Waals surface area (Å²) in [6.07, 6.45) is 16.6. The van der Waals surface area contributed by atoms with Gasteiger partial charge in [0.15, 0.2) is 11.2 Å². The van der Waals surface area contributed by atoms with E-state index in [1.54, 1.807) is 13.4 Å². The largest absolute Gasteiger partial charge is 0.370 e. The molecule has 2 aliphatic heterocycles. The molecule has 2 fully saturated rings. The number of nitrogens with zero attached hydrogens (tertiary/aromatic N) is 4. The molecule has 190 valence electrons. The quantitative estimate of drug-likeness (QED) is 0.269. The lowest BCUT2D eigenvalue weighted by Crippen LogP contribution is -2.39. The van der Waals surface area contributed by atoms with E-state index in [2.05, 4.69) is 18.8 Å². The number of aromatic nitrogens is 4. The number of rotatable bonds is 16. The molecule has 0 amide bonds. The summed E-state index contributed by atoms with van der Waals surface area (Å²) < 4.78 is 16.2. The highest BCUT2D eigenvalue weighted by Gasteiger charge is 2.37. The second kappa shape index (κ2) is 11.7. The van der Waals surface area contributed by atoms with E-state index in [0.717, 1.165) is 64.3 Å². The molecule has 0 N–H and O–H groups in total. The molecule has 4 rings (SSSR count). The Balaban J connectivity index is 1.27. The minimum Gasteiger partial charge on any atom is -0.370 e. The summed E-state index contributed by atoms with van der Waals surface area (Å²) in [6.45, 7) is 5.59. The van der Waals surface area contributed by atoms with Gasteiger partial charge in [0, 0.05) is 20.1 Å². The number of ether oxygens (including phenoxy) is 2. The van der Waals surface area contributed by atoms with Crippen LogP contribution in [0.3, 0.4) is 0 Å². The summed E-state index contributed by atoms with van der Waals surface area (Å²) in [7, 11) is 1.71. The average molecular weight is 475 g/mol. The fraction of sp³-hybridized carbons (Fsp3) is 0.808. The number of aryl methyl sites for hydroxylation is 2. The number of hydrogen-bond acceptors (Lipinski definition) is 5. The number of epoxide rings is 2. The van der Waals surface area contributed by atoms with Crippen molar-refractivity contribution in [1.29, 1.82) is 0 Å². The van der Waals surface area contributed by atoms with Crippen LogP contribution in [0.2, 0.25) is 0 Å². The summed E-state index contributed by atoms with van der Waals surface area (Å²) in [6, 6.07) is 0. The molecule has 0 aromatic carbocycles. The van der Waals surface area contributed by atoms with Crippen LogP contribution in [0.15, 0.2) is 15.9 Å². The van der Waals surface area contributed by atoms with Crippen LogP contribution in [0.5, 0.6) is 0 Å². The van der Waals surface area contributed by atoms with Gasteiger partial charge in [0.2, 0.25) is 0 Å². The zero-order valence-electron chi connectivity index (χ0n) is 21.2. The summed E-state index contributed by atoms with van der Waals surface area (Å²) in [5, 5.41) is 0. The highest BCUT2D eigenvalue weighted by molar-refractivity contribution is 5.69. The number of unbranched alkanes of at least 4 members (excludes halogenated alkanes) is 4. The van der Waals surface area contributed by atoms with E-state index >= 15 is 0 Å². The lowest BCUT2D eigenvalue weighted by molar-refractivity contribution is 0.350. The molecule has 8 nitrogen and oxygen atoms in total. The number of imidazole rings is 1. The molecular formula is C26H42N4O4. The zero-order chi connectivity index (χ0) is 24.1. The SMILES string of the molecule is CCCC1OC1CCCCCn1c(=O)c2c(ncn2CCCCCC2OC2CCC)n(C)c1=O. The monoisotopic (exact) mass is 474 g/mol. The Hall–Kier alpha value is -1.93. The maximum atomic E-state index is 13.2. The Morgan fingerprint density at radius 2 is 1.35 bits per heavy atom.